The molecule has 0 aromatic heterocycles. The molecule has 106 valence electrons. The van der Waals surface area contributed by atoms with Crippen LogP contribution in [-0.2, 0) is 14.8 Å². The van der Waals surface area contributed by atoms with Gasteiger partial charge in [-0.15, -0.1) is 0 Å². The van der Waals surface area contributed by atoms with Crippen molar-refractivity contribution >= 4 is 16.0 Å². The molecule has 0 unspecified atom stereocenters. The summed E-state index contributed by atoms with van der Waals surface area (Å²) in [7, 11) is -2.49. The van der Waals surface area contributed by atoms with Gasteiger partial charge in [-0.3, -0.25) is 0 Å². The van der Waals surface area contributed by atoms with Crippen LogP contribution in [0.1, 0.15) is 30.1 Å². The van der Waals surface area contributed by atoms with Crippen LogP contribution in [0.15, 0.2) is 23.1 Å². The first-order valence-electron chi connectivity index (χ1n) is 5.78. The van der Waals surface area contributed by atoms with Gasteiger partial charge in [0.2, 0.25) is 10.0 Å². The van der Waals surface area contributed by atoms with Crippen molar-refractivity contribution in [1.29, 1.82) is 0 Å². The third kappa shape index (κ3) is 4.22. The summed E-state index contributed by atoms with van der Waals surface area (Å²) in [5.41, 5.74) is 0.0464. The molecule has 0 spiro atoms. The fourth-order valence-corrected chi connectivity index (χ4v) is 1.95. The van der Waals surface area contributed by atoms with E-state index in [0.29, 0.717) is 0 Å². The molecule has 0 atom stereocenters. The fraction of sp³-hybridized carbons (Fsp3) is 0.417. The molecule has 1 aromatic rings. The molecular weight excluding hydrogens is 270 g/mol. The van der Waals surface area contributed by atoms with E-state index in [9.17, 15) is 13.2 Å². The molecular formula is C12H17NO5S. The fourth-order valence-electron chi connectivity index (χ4n) is 1.41. The third-order valence-corrected chi connectivity index (χ3v) is 3.36. The van der Waals surface area contributed by atoms with Crippen LogP contribution in [0.3, 0.4) is 0 Å². The zero-order valence-corrected chi connectivity index (χ0v) is 11.7. The van der Waals surface area contributed by atoms with Gasteiger partial charge in [0.15, 0.2) is 0 Å². The van der Waals surface area contributed by atoms with Gasteiger partial charge in [-0.1, -0.05) is 13.3 Å². The van der Waals surface area contributed by atoms with E-state index < -0.39 is 16.0 Å². The topological polar surface area (TPSA) is 95.7 Å². The zero-order chi connectivity index (χ0) is 14.5. The monoisotopic (exact) mass is 287 g/mol. The molecule has 0 bridgehead atoms. The van der Waals surface area contributed by atoms with E-state index in [2.05, 4.69) is 0 Å². The maximum atomic E-state index is 11.8. The minimum Gasteiger partial charge on any atom is -0.496 e. The van der Waals surface area contributed by atoms with Crippen LogP contribution in [0.2, 0.25) is 0 Å². The smallest absolute Gasteiger partial charge is 0.341 e. The second-order valence-corrected chi connectivity index (χ2v) is 5.46. The number of sulfonamides is 1. The van der Waals surface area contributed by atoms with Gasteiger partial charge in [0.05, 0.1) is 18.6 Å². The van der Waals surface area contributed by atoms with E-state index in [1.54, 1.807) is 0 Å². The standard InChI is InChI=1S/C12H17NO5S/c1-3-4-7-18-12(14)10-8-9(19(13,15)16)5-6-11(10)17-2/h5-6,8H,3-4,7H2,1-2H3,(H2,13,15,16). The lowest BCUT2D eigenvalue weighted by molar-refractivity contribution is 0.0496. The van der Waals surface area contributed by atoms with Crippen LogP contribution >= 0.6 is 0 Å². The predicted octanol–water partition coefficient (Wildman–Crippen LogP) is 1.30. The summed E-state index contributed by atoms with van der Waals surface area (Å²) >= 11 is 0. The highest BCUT2D eigenvalue weighted by molar-refractivity contribution is 7.89. The minimum atomic E-state index is -3.87. The van der Waals surface area contributed by atoms with Crippen LogP contribution in [0.5, 0.6) is 5.75 Å². The molecule has 0 aliphatic rings. The van der Waals surface area contributed by atoms with Crippen molar-refractivity contribution in [1.82, 2.24) is 0 Å². The molecule has 6 nitrogen and oxygen atoms in total. The lowest BCUT2D eigenvalue weighted by atomic mass is 10.2. The molecule has 0 saturated carbocycles. The first-order chi connectivity index (χ1) is 8.90. The predicted molar refractivity (Wildman–Crippen MR) is 69.6 cm³/mol. The van der Waals surface area contributed by atoms with Crippen LogP contribution in [0, 0.1) is 0 Å². The first kappa shape index (κ1) is 15.5. The number of hydrogen-bond donors (Lipinski definition) is 1. The maximum absolute atomic E-state index is 11.8. The Bertz CT molecular complexity index is 553. The van der Waals surface area contributed by atoms with E-state index >= 15 is 0 Å². The third-order valence-electron chi connectivity index (χ3n) is 2.45. The second kappa shape index (κ2) is 6.53. The number of esters is 1. The molecule has 0 amide bonds. The summed E-state index contributed by atoms with van der Waals surface area (Å²) in [5.74, 6) is -0.385. The number of hydrogen-bond acceptors (Lipinski definition) is 5. The Balaban J connectivity index is 3.06. The average Bonchev–Trinajstić information content (AvgIpc) is 2.37. The van der Waals surface area contributed by atoms with E-state index in [1.807, 2.05) is 6.92 Å². The summed E-state index contributed by atoms with van der Waals surface area (Å²) in [4.78, 5) is 11.7. The number of benzene rings is 1. The quantitative estimate of drug-likeness (QED) is 0.628. The summed E-state index contributed by atoms with van der Waals surface area (Å²) in [6.07, 6.45) is 1.63. The Morgan fingerprint density at radius 1 is 1.37 bits per heavy atom. The van der Waals surface area contributed by atoms with Gasteiger partial charge in [-0.25, -0.2) is 18.4 Å². The Morgan fingerprint density at radius 2 is 2.05 bits per heavy atom. The molecule has 0 saturated heterocycles. The average molecular weight is 287 g/mol. The molecule has 2 N–H and O–H groups in total. The maximum Gasteiger partial charge on any atom is 0.341 e. The Morgan fingerprint density at radius 3 is 2.58 bits per heavy atom. The lowest BCUT2D eigenvalue weighted by Crippen LogP contribution is -2.14. The molecule has 0 aliphatic carbocycles. The molecule has 0 heterocycles. The lowest BCUT2D eigenvalue weighted by Gasteiger charge is -2.09. The van der Waals surface area contributed by atoms with Gasteiger partial charge in [0.25, 0.3) is 0 Å². The number of ether oxygens (including phenoxy) is 2. The van der Waals surface area contributed by atoms with Crippen LogP contribution in [0.4, 0.5) is 0 Å². The van der Waals surface area contributed by atoms with Gasteiger partial charge >= 0.3 is 5.97 Å². The highest BCUT2D eigenvalue weighted by Crippen LogP contribution is 2.22. The van der Waals surface area contributed by atoms with Crippen LogP contribution in [0.25, 0.3) is 0 Å². The molecule has 1 rings (SSSR count). The normalized spacial score (nSPS) is 11.1. The van der Waals surface area contributed by atoms with E-state index in [4.69, 9.17) is 14.6 Å². The second-order valence-electron chi connectivity index (χ2n) is 3.90. The number of nitrogens with two attached hydrogens (primary N) is 1. The van der Waals surface area contributed by atoms with Gasteiger partial charge in [-0.2, -0.15) is 0 Å². The summed E-state index contributed by atoms with van der Waals surface area (Å²) in [5, 5.41) is 5.02. The van der Waals surface area contributed by atoms with E-state index in [-0.39, 0.29) is 22.8 Å². The van der Waals surface area contributed by atoms with Crippen molar-refractivity contribution in [3.63, 3.8) is 0 Å². The number of unbranched alkanes of at least 4 members (excludes halogenated alkanes) is 1. The summed E-state index contributed by atoms with van der Waals surface area (Å²) in [6, 6.07) is 3.80. The van der Waals surface area contributed by atoms with Crippen molar-refractivity contribution in [2.75, 3.05) is 13.7 Å². The largest absolute Gasteiger partial charge is 0.496 e. The number of primary sulfonamides is 1. The van der Waals surface area contributed by atoms with Gasteiger partial charge in [-0.05, 0) is 24.6 Å². The highest BCUT2D eigenvalue weighted by Gasteiger charge is 2.18. The summed E-state index contributed by atoms with van der Waals surface area (Å²) < 4.78 is 32.5. The minimum absolute atomic E-state index is 0.0464. The van der Waals surface area contributed by atoms with Gasteiger partial charge < -0.3 is 9.47 Å². The number of carbonyl (C=O) groups is 1. The Hall–Kier alpha value is -1.60. The molecule has 19 heavy (non-hydrogen) atoms. The van der Waals surface area contributed by atoms with Gasteiger partial charge in [0.1, 0.15) is 11.3 Å². The first-order valence-corrected chi connectivity index (χ1v) is 7.32. The zero-order valence-electron chi connectivity index (χ0n) is 10.9. The van der Waals surface area contributed by atoms with Gasteiger partial charge in [0, 0.05) is 0 Å². The van der Waals surface area contributed by atoms with Crippen molar-refractivity contribution in [3.05, 3.63) is 23.8 Å². The molecule has 0 radical (unpaired) electrons. The molecule has 0 aliphatic heterocycles. The van der Waals surface area contributed by atoms with Crippen molar-refractivity contribution in [3.8, 4) is 5.75 Å². The van der Waals surface area contributed by atoms with Crippen molar-refractivity contribution in [2.24, 2.45) is 5.14 Å². The number of rotatable bonds is 6. The van der Waals surface area contributed by atoms with Crippen LogP contribution < -0.4 is 9.88 Å². The molecule has 7 heteroatoms. The SMILES string of the molecule is CCCCOC(=O)c1cc(S(N)(=O)=O)ccc1OC. The van der Waals surface area contributed by atoms with E-state index in [1.165, 1.54) is 19.2 Å². The Kier molecular flexibility index (Phi) is 5.31. The number of methoxy groups -OCH3 is 1. The highest BCUT2D eigenvalue weighted by atomic mass is 32.2. The Labute approximate surface area is 112 Å². The van der Waals surface area contributed by atoms with Crippen LogP contribution in [-0.4, -0.2) is 28.1 Å². The summed E-state index contributed by atoms with van der Waals surface area (Å²) in [6.45, 7) is 2.24. The van der Waals surface area contributed by atoms with E-state index in [0.717, 1.165) is 18.9 Å². The number of carbonyl (C=O) groups excluding carboxylic acids is 1. The molecule has 0 fully saturated rings. The molecule has 1 aromatic carbocycles. The van der Waals surface area contributed by atoms with Crippen molar-refractivity contribution in [2.45, 2.75) is 24.7 Å². The van der Waals surface area contributed by atoms with Crippen molar-refractivity contribution < 1.29 is 22.7 Å².